The highest BCUT2D eigenvalue weighted by atomic mass is 14.2. The number of benzene rings is 9. The lowest BCUT2D eigenvalue weighted by Crippen LogP contribution is -1.92. The highest BCUT2D eigenvalue weighted by Crippen LogP contribution is 2.45. The van der Waals surface area contributed by atoms with Gasteiger partial charge in [0.25, 0.3) is 0 Å². The molecule has 0 heterocycles. The van der Waals surface area contributed by atoms with E-state index < -0.39 is 0 Å². The van der Waals surface area contributed by atoms with Gasteiger partial charge in [0.05, 0.1) is 0 Å². The smallest absolute Gasteiger partial charge is 0.00201 e. The van der Waals surface area contributed by atoms with Gasteiger partial charge in [-0.2, -0.15) is 0 Å². The molecule has 0 nitrogen and oxygen atoms in total. The lowest BCUT2D eigenvalue weighted by atomic mass is 9.84. The lowest BCUT2D eigenvalue weighted by molar-refractivity contribution is 1.62. The van der Waals surface area contributed by atoms with Crippen molar-refractivity contribution in [2.75, 3.05) is 0 Å². The van der Waals surface area contributed by atoms with Gasteiger partial charge in [-0.15, -0.1) is 0 Å². The molecule has 9 aromatic carbocycles. The first kappa shape index (κ1) is 28.0. The Kier molecular flexibility index (Phi) is 6.91. The maximum absolute atomic E-state index is 2.32. The maximum Gasteiger partial charge on any atom is -0.00201 e. The predicted molar refractivity (Wildman–Crippen MR) is 208 cm³/mol. The van der Waals surface area contributed by atoms with Gasteiger partial charge < -0.3 is 0 Å². The van der Waals surface area contributed by atoms with Crippen molar-refractivity contribution in [3.05, 3.63) is 193 Å². The van der Waals surface area contributed by atoms with Crippen LogP contribution in [-0.4, -0.2) is 0 Å². The Balaban J connectivity index is 1.14. The summed E-state index contributed by atoms with van der Waals surface area (Å²) in [6.45, 7) is 0. The Morgan fingerprint density at radius 3 is 1.52 bits per heavy atom. The minimum atomic E-state index is 1.18. The topological polar surface area (TPSA) is 0 Å². The van der Waals surface area contributed by atoms with Gasteiger partial charge in [0, 0.05) is 0 Å². The van der Waals surface area contributed by atoms with Crippen molar-refractivity contribution in [3.63, 3.8) is 0 Å². The molecule has 0 saturated carbocycles. The zero-order valence-electron chi connectivity index (χ0n) is 26.5. The van der Waals surface area contributed by atoms with E-state index in [9.17, 15) is 0 Å². The van der Waals surface area contributed by atoms with Crippen LogP contribution in [-0.2, 0) is 0 Å². The van der Waals surface area contributed by atoms with E-state index in [0.717, 1.165) is 0 Å². The molecular formula is C48H32. The molecule has 0 atom stereocenters. The first-order valence-electron chi connectivity index (χ1n) is 16.6. The molecule has 0 aliphatic rings. The molecule has 0 saturated heterocycles. The van der Waals surface area contributed by atoms with Crippen LogP contribution < -0.4 is 0 Å². The molecule has 48 heavy (non-hydrogen) atoms. The van der Waals surface area contributed by atoms with Crippen molar-refractivity contribution in [1.29, 1.82) is 0 Å². The summed E-state index contributed by atoms with van der Waals surface area (Å²) >= 11 is 0. The van der Waals surface area contributed by atoms with Crippen LogP contribution in [0.2, 0.25) is 0 Å². The van der Waals surface area contributed by atoms with Crippen LogP contribution in [0.5, 0.6) is 0 Å². The second-order valence-electron chi connectivity index (χ2n) is 12.5. The van der Waals surface area contributed by atoms with Crippen molar-refractivity contribution in [2.24, 2.45) is 0 Å². The normalized spacial score (nSPS) is 11.7. The third kappa shape index (κ3) is 4.87. The summed E-state index contributed by atoms with van der Waals surface area (Å²) in [5, 5.41) is 10.1. The van der Waals surface area contributed by atoms with E-state index in [1.807, 2.05) is 0 Å². The molecule has 0 fully saturated rings. The van der Waals surface area contributed by atoms with Gasteiger partial charge in [-0.3, -0.25) is 0 Å². The molecule has 9 aromatic rings. The lowest BCUT2D eigenvalue weighted by Gasteiger charge is -2.19. The van der Waals surface area contributed by atoms with E-state index in [4.69, 9.17) is 0 Å². The van der Waals surface area contributed by atoms with Crippen molar-refractivity contribution in [1.82, 2.24) is 0 Å². The van der Waals surface area contributed by atoms with Crippen LogP contribution in [0.25, 0.3) is 88.6 Å². The van der Waals surface area contributed by atoms with Crippen LogP contribution in [0.15, 0.2) is 182 Å². The third-order valence-electron chi connectivity index (χ3n) is 9.67. The van der Waals surface area contributed by atoms with E-state index >= 15 is 0 Å². The highest BCUT2D eigenvalue weighted by Gasteiger charge is 2.18. The molecule has 0 bridgehead atoms. The molecule has 0 heteroatoms. The average Bonchev–Trinajstić information content (AvgIpc) is 3.16. The molecule has 0 aliphatic heterocycles. The van der Waals surface area contributed by atoms with Gasteiger partial charge in [0.2, 0.25) is 0 Å². The summed E-state index contributed by atoms with van der Waals surface area (Å²) in [7, 11) is 0. The Bertz CT molecular complexity index is 2580. The van der Waals surface area contributed by atoms with Gasteiger partial charge in [-0.1, -0.05) is 188 Å². The Hall–Kier alpha value is -6.24. The van der Waals surface area contributed by atoms with E-state index in [1.165, 1.54) is 87.6 Å². The molecule has 0 radical (unpaired) electrons. The minimum absolute atomic E-state index is 1.18. The number of hydrogen-bond donors (Lipinski definition) is 0. The van der Waals surface area contributed by atoms with Gasteiger partial charge in [-0.05, 0) is 93.7 Å². The third-order valence-corrected chi connectivity index (χ3v) is 9.67. The molecule has 224 valence electrons. The first-order chi connectivity index (χ1) is 23.8. The number of rotatable bonds is 5. The van der Waals surface area contributed by atoms with Gasteiger partial charge in [0.1, 0.15) is 0 Å². The average molecular weight is 609 g/mol. The quantitative estimate of drug-likeness (QED) is 0.135. The monoisotopic (exact) mass is 608 g/mol. The van der Waals surface area contributed by atoms with Crippen LogP contribution in [0, 0.1) is 0 Å². The molecule has 0 spiro atoms. The number of hydrogen-bond acceptors (Lipinski definition) is 0. The number of fused-ring (bicyclic) bond motifs is 4. The molecule has 0 aromatic heterocycles. The second-order valence-corrected chi connectivity index (χ2v) is 12.5. The summed E-state index contributed by atoms with van der Waals surface area (Å²) in [5.74, 6) is 0. The molecule has 0 N–H and O–H groups in total. The predicted octanol–water partition coefficient (Wildman–Crippen LogP) is 13.5. The van der Waals surface area contributed by atoms with E-state index in [2.05, 4.69) is 194 Å². The van der Waals surface area contributed by atoms with Crippen LogP contribution in [0.1, 0.15) is 11.1 Å². The van der Waals surface area contributed by atoms with Crippen molar-refractivity contribution >= 4 is 55.2 Å². The van der Waals surface area contributed by atoms with Crippen molar-refractivity contribution in [2.45, 2.75) is 0 Å². The van der Waals surface area contributed by atoms with Gasteiger partial charge >= 0.3 is 0 Å². The Morgan fingerprint density at radius 2 is 0.833 bits per heavy atom. The summed E-state index contributed by atoms with van der Waals surface area (Å²) in [5.41, 5.74) is 9.94. The fourth-order valence-corrected chi connectivity index (χ4v) is 7.36. The Labute approximate surface area is 280 Å². The van der Waals surface area contributed by atoms with E-state index in [0.29, 0.717) is 0 Å². The molecule has 0 aliphatic carbocycles. The summed E-state index contributed by atoms with van der Waals surface area (Å²) in [6, 6.07) is 66.1. The SMILES string of the molecule is C(=C\c1ccc(-c2c3ccccc3c(-c3ccccc3)c3ccccc23)c2ccccc12)/c1ccc(-c2ccc3ccccc3c2)cc1. The summed E-state index contributed by atoms with van der Waals surface area (Å²) in [4.78, 5) is 0. The first-order valence-corrected chi connectivity index (χ1v) is 16.6. The molecular weight excluding hydrogens is 577 g/mol. The van der Waals surface area contributed by atoms with Crippen LogP contribution >= 0.6 is 0 Å². The standard InChI is InChI=1S/C48H32/c1-2-13-37(14-3-1)47-42-18-8-10-20-44(42)48(45-21-11-9-19-43(45)47)46-31-30-36(40-16-6-7-17-41(40)46)27-24-33-22-25-35(26-23-33)39-29-28-34-12-4-5-15-38(34)32-39/h1-32H/b27-24+. The highest BCUT2D eigenvalue weighted by molar-refractivity contribution is 6.23. The second kappa shape index (κ2) is 11.8. The fourth-order valence-electron chi connectivity index (χ4n) is 7.36. The largest absolute Gasteiger partial charge is 0.0622 e. The zero-order valence-corrected chi connectivity index (χ0v) is 26.5. The van der Waals surface area contributed by atoms with Crippen LogP contribution in [0.3, 0.4) is 0 Å². The van der Waals surface area contributed by atoms with Crippen molar-refractivity contribution in [3.8, 4) is 33.4 Å². The Morgan fingerprint density at radius 1 is 0.292 bits per heavy atom. The fraction of sp³-hybridized carbons (Fsp3) is 0. The van der Waals surface area contributed by atoms with E-state index in [-0.39, 0.29) is 0 Å². The van der Waals surface area contributed by atoms with Crippen LogP contribution in [0.4, 0.5) is 0 Å². The molecule has 0 unspecified atom stereocenters. The summed E-state index contributed by atoms with van der Waals surface area (Å²) in [6.07, 6.45) is 4.48. The maximum atomic E-state index is 2.32. The van der Waals surface area contributed by atoms with Gasteiger partial charge in [-0.25, -0.2) is 0 Å². The van der Waals surface area contributed by atoms with Gasteiger partial charge in [0.15, 0.2) is 0 Å². The molecule has 9 rings (SSSR count). The van der Waals surface area contributed by atoms with E-state index in [1.54, 1.807) is 0 Å². The summed E-state index contributed by atoms with van der Waals surface area (Å²) < 4.78 is 0. The zero-order chi connectivity index (χ0) is 31.9. The molecule has 0 amide bonds. The van der Waals surface area contributed by atoms with Crippen molar-refractivity contribution < 1.29 is 0 Å². The minimum Gasteiger partial charge on any atom is -0.0622 e.